The van der Waals surface area contributed by atoms with Crippen LogP contribution in [-0.2, 0) is 4.79 Å². The van der Waals surface area contributed by atoms with Crippen LogP contribution < -0.4 is 10.6 Å². The van der Waals surface area contributed by atoms with E-state index in [0.29, 0.717) is 25.3 Å². The minimum Gasteiger partial charge on any atom is -0.369 e. The normalized spacial score (nSPS) is 9.88. The zero-order valence-corrected chi connectivity index (χ0v) is 9.16. The van der Waals surface area contributed by atoms with E-state index in [4.69, 9.17) is 0 Å². The van der Waals surface area contributed by atoms with Gasteiger partial charge in [-0.1, -0.05) is 6.92 Å². The molecular formula is C10H15FN4O. The van der Waals surface area contributed by atoms with Gasteiger partial charge < -0.3 is 10.6 Å². The second kappa shape index (κ2) is 6.71. The molecular weight excluding hydrogens is 211 g/mol. The summed E-state index contributed by atoms with van der Waals surface area (Å²) in [5, 5.41) is 5.59. The van der Waals surface area contributed by atoms with Gasteiger partial charge in [-0.05, 0) is 6.42 Å². The molecule has 0 radical (unpaired) electrons. The predicted octanol–water partition coefficient (Wildman–Crippen LogP) is 0.944. The lowest BCUT2D eigenvalue weighted by Crippen LogP contribution is -2.25. The van der Waals surface area contributed by atoms with E-state index in [0.717, 1.165) is 12.7 Å². The van der Waals surface area contributed by atoms with Crippen LogP contribution >= 0.6 is 0 Å². The van der Waals surface area contributed by atoms with E-state index in [2.05, 4.69) is 20.6 Å². The van der Waals surface area contributed by atoms with E-state index in [9.17, 15) is 9.18 Å². The van der Waals surface area contributed by atoms with Gasteiger partial charge in [0.25, 0.3) is 0 Å². The number of hydrogen-bond donors (Lipinski definition) is 2. The van der Waals surface area contributed by atoms with E-state index >= 15 is 0 Å². The maximum Gasteiger partial charge on any atom is 0.221 e. The minimum atomic E-state index is -0.590. The van der Waals surface area contributed by atoms with Gasteiger partial charge in [0.1, 0.15) is 12.1 Å². The SMILES string of the molecule is CCCNC(=O)CCNc1cc(F)ncn1. The van der Waals surface area contributed by atoms with Crippen LogP contribution in [-0.4, -0.2) is 29.0 Å². The van der Waals surface area contributed by atoms with Gasteiger partial charge in [0, 0.05) is 25.6 Å². The number of nitrogens with one attached hydrogen (secondary N) is 2. The number of hydrogen-bond acceptors (Lipinski definition) is 4. The Labute approximate surface area is 93.5 Å². The number of rotatable bonds is 6. The highest BCUT2D eigenvalue weighted by Crippen LogP contribution is 2.01. The average Bonchev–Trinajstić information content (AvgIpc) is 2.26. The summed E-state index contributed by atoms with van der Waals surface area (Å²) < 4.78 is 12.6. The van der Waals surface area contributed by atoms with Crippen molar-refractivity contribution in [2.24, 2.45) is 0 Å². The summed E-state index contributed by atoms with van der Waals surface area (Å²) in [5.41, 5.74) is 0. The molecule has 1 heterocycles. The molecule has 0 saturated heterocycles. The molecule has 0 aromatic carbocycles. The summed E-state index contributed by atoms with van der Waals surface area (Å²) in [7, 11) is 0. The summed E-state index contributed by atoms with van der Waals surface area (Å²) in [6, 6.07) is 1.18. The molecule has 0 aliphatic carbocycles. The fourth-order valence-corrected chi connectivity index (χ4v) is 1.09. The molecule has 0 fully saturated rings. The number of amides is 1. The van der Waals surface area contributed by atoms with Gasteiger partial charge in [-0.3, -0.25) is 4.79 Å². The van der Waals surface area contributed by atoms with Crippen LogP contribution in [0.5, 0.6) is 0 Å². The molecule has 0 bridgehead atoms. The van der Waals surface area contributed by atoms with Crippen molar-refractivity contribution in [2.45, 2.75) is 19.8 Å². The van der Waals surface area contributed by atoms with Crippen LogP contribution in [0.25, 0.3) is 0 Å². The molecule has 5 nitrogen and oxygen atoms in total. The van der Waals surface area contributed by atoms with Gasteiger partial charge in [0.05, 0.1) is 0 Å². The number of halogens is 1. The van der Waals surface area contributed by atoms with Crippen LogP contribution in [0.1, 0.15) is 19.8 Å². The largest absolute Gasteiger partial charge is 0.369 e. The molecule has 1 aromatic rings. The molecule has 0 unspecified atom stereocenters. The number of aromatic nitrogens is 2. The van der Waals surface area contributed by atoms with E-state index in [1.54, 1.807) is 0 Å². The Morgan fingerprint density at radius 1 is 1.44 bits per heavy atom. The zero-order valence-electron chi connectivity index (χ0n) is 9.16. The van der Waals surface area contributed by atoms with Crippen molar-refractivity contribution in [2.75, 3.05) is 18.4 Å². The van der Waals surface area contributed by atoms with Crippen molar-refractivity contribution >= 4 is 11.7 Å². The Morgan fingerprint density at radius 3 is 2.94 bits per heavy atom. The Hall–Kier alpha value is -1.72. The molecule has 6 heteroatoms. The van der Waals surface area contributed by atoms with Crippen molar-refractivity contribution < 1.29 is 9.18 Å². The van der Waals surface area contributed by atoms with Crippen LogP contribution in [0.4, 0.5) is 10.2 Å². The third-order valence-corrected chi connectivity index (χ3v) is 1.86. The first-order valence-corrected chi connectivity index (χ1v) is 5.20. The zero-order chi connectivity index (χ0) is 11.8. The Kier molecular flexibility index (Phi) is 5.18. The minimum absolute atomic E-state index is 0.0242. The fourth-order valence-electron chi connectivity index (χ4n) is 1.09. The van der Waals surface area contributed by atoms with E-state index in [1.165, 1.54) is 6.07 Å². The highest BCUT2D eigenvalue weighted by atomic mass is 19.1. The predicted molar refractivity (Wildman–Crippen MR) is 58.4 cm³/mol. The smallest absolute Gasteiger partial charge is 0.221 e. The van der Waals surface area contributed by atoms with Gasteiger partial charge in [-0.2, -0.15) is 4.39 Å². The first-order chi connectivity index (χ1) is 7.72. The molecule has 16 heavy (non-hydrogen) atoms. The maximum absolute atomic E-state index is 12.6. The van der Waals surface area contributed by atoms with Crippen LogP contribution in [0.3, 0.4) is 0 Å². The van der Waals surface area contributed by atoms with Gasteiger partial charge in [0.15, 0.2) is 0 Å². The summed E-state index contributed by atoms with van der Waals surface area (Å²) >= 11 is 0. The second-order valence-electron chi connectivity index (χ2n) is 3.25. The van der Waals surface area contributed by atoms with Crippen molar-refractivity contribution in [3.05, 3.63) is 18.3 Å². The Bertz CT molecular complexity index is 345. The summed E-state index contributed by atoms with van der Waals surface area (Å²) in [6.07, 6.45) is 2.39. The van der Waals surface area contributed by atoms with Gasteiger partial charge >= 0.3 is 0 Å². The van der Waals surface area contributed by atoms with Gasteiger partial charge in [0.2, 0.25) is 11.9 Å². The molecule has 0 saturated carbocycles. The third-order valence-electron chi connectivity index (χ3n) is 1.86. The molecule has 0 aliphatic rings. The highest BCUT2D eigenvalue weighted by Gasteiger charge is 2.00. The molecule has 2 N–H and O–H groups in total. The third kappa shape index (κ3) is 4.68. The fraction of sp³-hybridized carbons (Fsp3) is 0.500. The molecule has 1 amide bonds. The molecule has 1 aromatic heterocycles. The second-order valence-corrected chi connectivity index (χ2v) is 3.25. The van der Waals surface area contributed by atoms with Crippen molar-refractivity contribution in [1.29, 1.82) is 0 Å². The topological polar surface area (TPSA) is 66.9 Å². The van der Waals surface area contributed by atoms with Crippen LogP contribution in [0, 0.1) is 5.95 Å². The van der Waals surface area contributed by atoms with Crippen molar-refractivity contribution in [1.82, 2.24) is 15.3 Å². The van der Waals surface area contributed by atoms with Crippen LogP contribution in [0.2, 0.25) is 0 Å². The average molecular weight is 226 g/mol. The molecule has 0 spiro atoms. The number of nitrogens with zero attached hydrogens (tertiary/aromatic N) is 2. The number of carbonyl (C=O) groups is 1. The van der Waals surface area contributed by atoms with E-state index < -0.39 is 5.95 Å². The van der Waals surface area contributed by atoms with E-state index in [-0.39, 0.29) is 5.91 Å². The summed E-state index contributed by atoms with van der Waals surface area (Å²) in [4.78, 5) is 18.3. The van der Waals surface area contributed by atoms with E-state index in [1.807, 2.05) is 6.92 Å². The lowest BCUT2D eigenvalue weighted by Gasteiger charge is -2.05. The molecule has 0 aliphatic heterocycles. The van der Waals surface area contributed by atoms with Crippen LogP contribution in [0.15, 0.2) is 12.4 Å². The standard InChI is InChI=1S/C10H15FN4O/c1-2-4-13-10(16)3-5-12-9-6-8(11)14-7-15-9/h6-7H,2-5H2,1H3,(H,13,16)(H,12,14,15). The Morgan fingerprint density at radius 2 is 2.25 bits per heavy atom. The molecule has 88 valence electrons. The summed E-state index contributed by atoms with van der Waals surface area (Å²) in [5.74, 6) is -0.229. The molecule has 0 atom stereocenters. The van der Waals surface area contributed by atoms with Crippen molar-refractivity contribution in [3.63, 3.8) is 0 Å². The lowest BCUT2D eigenvalue weighted by atomic mass is 10.3. The highest BCUT2D eigenvalue weighted by molar-refractivity contribution is 5.76. The molecule has 1 rings (SSSR count). The monoisotopic (exact) mass is 226 g/mol. The lowest BCUT2D eigenvalue weighted by molar-refractivity contribution is -0.120. The first kappa shape index (κ1) is 12.4. The number of carbonyl (C=O) groups excluding carboxylic acids is 1. The van der Waals surface area contributed by atoms with Gasteiger partial charge in [-0.25, -0.2) is 9.97 Å². The maximum atomic E-state index is 12.6. The summed E-state index contributed by atoms with van der Waals surface area (Å²) in [6.45, 7) is 3.09. The Balaban J connectivity index is 2.22. The van der Waals surface area contributed by atoms with Gasteiger partial charge in [-0.15, -0.1) is 0 Å². The quantitative estimate of drug-likeness (QED) is 0.708. The number of anilines is 1. The van der Waals surface area contributed by atoms with Crippen molar-refractivity contribution in [3.8, 4) is 0 Å². The first-order valence-electron chi connectivity index (χ1n) is 5.20.